The van der Waals surface area contributed by atoms with Crippen LogP contribution in [-0.2, 0) is 9.53 Å². The molecule has 2 rings (SSSR count). The zero-order chi connectivity index (χ0) is 16.7. The number of nitrogens with one attached hydrogen (secondary N) is 1. The van der Waals surface area contributed by atoms with E-state index in [-0.39, 0.29) is 30.0 Å². The lowest BCUT2D eigenvalue weighted by molar-refractivity contribution is -0.125. The number of carbonyl (C=O) groups is 2. The average Bonchev–Trinajstić information content (AvgIpc) is 2.55. The Balaban J connectivity index is 1.85. The standard InChI is InChI=1S/C17H24N2O4/c1-3-22-16-13(8-6-10-18-16)17(21)23-11-15(20)19-14-9-5-4-7-12(14)2/h6,8,10,12,14H,3-5,7,9,11H2,1-2H3,(H,19,20)/t12-,14+/m1/s1. The van der Waals surface area contributed by atoms with Gasteiger partial charge in [0, 0.05) is 12.2 Å². The molecule has 1 aromatic heterocycles. The maximum Gasteiger partial charge on any atom is 0.344 e. The third kappa shape index (κ3) is 4.94. The van der Waals surface area contributed by atoms with Crippen molar-refractivity contribution in [3.05, 3.63) is 23.9 Å². The maximum absolute atomic E-state index is 12.1. The van der Waals surface area contributed by atoms with Crippen LogP contribution in [0.1, 0.15) is 49.9 Å². The Kier molecular flexibility index (Phi) is 6.38. The number of esters is 1. The number of pyridine rings is 1. The van der Waals surface area contributed by atoms with Gasteiger partial charge in [0.05, 0.1) is 6.61 Å². The van der Waals surface area contributed by atoms with Crippen LogP contribution in [0.5, 0.6) is 5.88 Å². The Morgan fingerprint density at radius 3 is 2.87 bits per heavy atom. The molecule has 0 unspecified atom stereocenters. The van der Waals surface area contributed by atoms with Crippen LogP contribution in [0.4, 0.5) is 0 Å². The molecule has 1 saturated carbocycles. The molecule has 1 amide bonds. The van der Waals surface area contributed by atoms with Gasteiger partial charge in [0.25, 0.3) is 5.91 Å². The van der Waals surface area contributed by atoms with Crippen molar-refractivity contribution in [3.63, 3.8) is 0 Å². The SMILES string of the molecule is CCOc1ncccc1C(=O)OCC(=O)N[C@H]1CCCC[C@H]1C. The number of carbonyl (C=O) groups excluding carboxylic acids is 2. The van der Waals surface area contributed by atoms with Gasteiger partial charge in [-0.05, 0) is 37.8 Å². The first kappa shape index (κ1) is 17.2. The van der Waals surface area contributed by atoms with Crippen LogP contribution < -0.4 is 10.1 Å². The highest BCUT2D eigenvalue weighted by molar-refractivity contribution is 5.93. The van der Waals surface area contributed by atoms with Gasteiger partial charge in [0.2, 0.25) is 5.88 Å². The lowest BCUT2D eigenvalue weighted by atomic mass is 9.86. The van der Waals surface area contributed by atoms with Crippen LogP contribution in [0.2, 0.25) is 0 Å². The predicted octanol–water partition coefficient (Wildman–Crippen LogP) is 2.33. The number of rotatable bonds is 6. The molecule has 6 nitrogen and oxygen atoms in total. The van der Waals surface area contributed by atoms with E-state index in [4.69, 9.17) is 9.47 Å². The Morgan fingerprint density at radius 2 is 2.13 bits per heavy atom. The third-order valence-corrected chi connectivity index (χ3v) is 4.06. The van der Waals surface area contributed by atoms with E-state index in [0.717, 1.165) is 19.3 Å². The number of hydrogen-bond acceptors (Lipinski definition) is 5. The number of nitrogens with zero attached hydrogens (tertiary/aromatic N) is 1. The molecule has 1 aliphatic carbocycles. The Bertz CT molecular complexity index is 547. The maximum atomic E-state index is 12.1. The van der Waals surface area contributed by atoms with E-state index in [0.29, 0.717) is 12.5 Å². The predicted molar refractivity (Wildman–Crippen MR) is 85.3 cm³/mol. The van der Waals surface area contributed by atoms with Crippen LogP contribution in [0.3, 0.4) is 0 Å². The molecule has 0 bridgehead atoms. The largest absolute Gasteiger partial charge is 0.477 e. The molecule has 1 N–H and O–H groups in total. The Morgan fingerprint density at radius 1 is 1.35 bits per heavy atom. The van der Waals surface area contributed by atoms with Gasteiger partial charge in [-0.1, -0.05) is 19.8 Å². The molecule has 1 heterocycles. The van der Waals surface area contributed by atoms with Crippen molar-refractivity contribution in [2.24, 2.45) is 5.92 Å². The van der Waals surface area contributed by atoms with Crippen LogP contribution in [-0.4, -0.2) is 36.1 Å². The minimum Gasteiger partial charge on any atom is -0.477 e. The average molecular weight is 320 g/mol. The first-order valence-corrected chi connectivity index (χ1v) is 8.16. The summed E-state index contributed by atoms with van der Waals surface area (Å²) in [7, 11) is 0. The van der Waals surface area contributed by atoms with Crippen LogP contribution >= 0.6 is 0 Å². The minimum atomic E-state index is -0.603. The highest BCUT2D eigenvalue weighted by atomic mass is 16.5. The topological polar surface area (TPSA) is 77.5 Å². The van der Waals surface area contributed by atoms with Crippen LogP contribution in [0.15, 0.2) is 18.3 Å². The smallest absolute Gasteiger partial charge is 0.344 e. The zero-order valence-electron chi connectivity index (χ0n) is 13.7. The highest BCUT2D eigenvalue weighted by Gasteiger charge is 2.23. The summed E-state index contributed by atoms with van der Waals surface area (Å²) in [6.07, 6.45) is 5.99. The molecule has 1 fully saturated rings. The van der Waals surface area contributed by atoms with E-state index in [1.807, 2.05) is 6.92 Å². The second kappa shape index (κ2) is 8.50. The quantitative estimate of drug-likeness (QED) is 0.814. The van der Waals surface area contributed by atoms with E-state index < -0.39 is 5.97 Å². The number of ether oxygens (including phenoxy) is 2. The van der Waals surface area contributed by atoms with E-state index >= 15 is 0 Å². The van der Waals surface area contributed by atoms with Crippen molar-refractivity contribution in [2.75, 3.05) is 13.2 Å². The Labute approximate surface area is 136 Å². The second-order valence-electron chi connectivity index (χ2n) is 5.80. The minimum absolute atomic E-state index is 0.173. The van der Waals surface area contributed by atoms with Gasteiger partial charge in [0.1, 0.15) is 5.56 Å². The van der Waals surface area contributed by atoms with Crippen molar-refractivity contribution in [3.8, 4) is 5.88 Å². The molecule has 126 valence electrons. The van der Waals surface area contributed by atoms with Crippen molar-refractivity contribution >= 4 is 11.9 Å². The molecule has 0 aliphatic heterocycles. The lowest BCUT2D eigenvalue weighted by Crippen LogP contribution is -2.42. The summed E-state index contributed by atoms with van der Waals surface area (Å²) in [5.74, 6) is -0.181. The first-order valence-electron chi connectivity index (χ1n) is 8.16. The molecule has 1 aromatic rings. The third-order valence-electron chi connectivity index (χ3n) is 4.06. The van der Waals surface area contributed by atoms with E-state index in [9.17, 15) is 9.59 Å². The van der Waals surface area contributed by atoms with Crippen LogP contribution in [0, 0.1) is 5.92 Å². The summed E-state index contributed by atoms with van der Waals surface area (Å²) < 4.78 is 10.4. The van der Waals surface area contributed by atoms with E-state index in [1.165, 1.54) is 6.42 Å². The van der Waals surface area contributed by atoms with E-state index in [2.05, 4.69) is 17.2 Å². The highest BCUT2D eigenvalue weighted by Crippen LogP contribution is 2.23. The second-order valence-corrected chi connectivity index (χ2v) is 5.80. The molecule has 6 heteroatoms. The number of hydrogen-bond donors (Lipinski definition) is 1. The van der Waals surface area contributed by atoms with Crippen molar-refractivity contribution < 1.29 is 19.1 Å². The molecule has 1 aliphatic rings. The molecule has 23 heavy (non-hydrogen) atoms. The van der Waals surface area contributed by atoms with Crippen molar-refractivity contribution in [1.29, 1.82) is 0 Å². The fraction of sp³-hybridized carbons (Fsp3) is 0.588. The first-order chi connectivity index (χ1) is 11.1. The molecule has 0 spiro atoms. The molecule has 0 aromatic carbocycles. The summed E-state index contributed by atoms with van der Waals surface area (Å²) >= 11 is 0. The zero-order valence-corrected chi connectivity index (χ0v) is 13.7. The summed E-state index contributed by atoms with van der Waals surface area (Å²) in [5, 5.41) is 2.95. The van der Waals surface area contributed by atoms with Crippen molar-refractivity contribution in [2.45, 2.75) is 45.6 Å². The van der Waals surface area contributed by atoms with Gasteiger partial charge in [-0.15, -0.1) is 0 Å². The van der Waals surface area contributed by atoms with Gasteiger partial charge in [-0.25, -0.2) is 9.78 Å². The van der Waals surface area contributed by atoms with Crippen molar-refractivity contribution in [1.82, 2.24) is 10.3 Å². The van der Waals surface area contributed by atoms with E-state index in [1.54, 1.807) is 18.3 Å². The Hall–Kier alpha value is -2.11. The van der Waals surface area contributed by atoms with Crippen LogP contribution in [0.25, 0.3) is 0 Å². The normalized spacial score (nSPS) is 20.6. The number of amides is 1. The fourth-order valence-electron chi connectivity index (χ4n) is 2.79. The summed E-state index contributed by atoms with van der Waals surface area (Å²) in [6.45, 7) is 4.06. The van der Waals surface area contributed by atoms with Gasteiger partial charge in [-0.2, -0.15) is 0 Å². The molecule has 0 radical (unpaired) electrons. The monoisotopic (exact) mass is 320 g/mol. The summed E-state index contributed by atoms with van der Waals surface area (Å²) in [5.41, 5.74) is 0.230. The number of aromatic nitrogens is 1. The molecule has 2 atom stereocenters. The van der Waals surface area contributed by atoms with Gasteiger partial charge < -0.3 is 14.8 Å². The molecular formula is C17H24N2O4. The molecular weight excluding hydrogens is 296 g/mol. The fourth-order valence-corrected chi connectivity index (χ4v) is 2.79. The summed E-state index contributed by atoms with van der Waals surface area (Å²) in [4.78, 5) is 28.0. The van der Waals surface area contributed by atoms with Gasteiger partial charge >= 0.3 is 5.97 Å². The summed E-state index contributed by atoms with van der Waals surface area (Å²) in [6, 6.07) is 3.37. The lowest BCUT2D eigenvalue weighted by Gasteiger charge is -2.29. The van der Waals surface area contributed by atoms with Gasteiger partial charge in [-0.3, -0.25) is 4.79 Å². The molecule has 0 saturated heterocycles. The van der Waals surface area contributed by atoms with Gasteiger partial charge in [0.15, 0.2) is 6.61 Å².